The van der Waals surface area contributed by atoms with Crippen LogP contribution in [0.25, 0.3) is 10.9 Å². The van der Waals surface area contributed by atoms with Crippen molar-refractivity contribution < 1.29 is 38.4 Å². The predicted molar refractivity (Wildman–Crippen MR) is 242 cm³/mol. The summed E-state index contributed by atoms with van der Waals surface area (Å²) >= 11 is 0. The zero-order valence-electron chi connectivity index (χ0n) is 38.1. The Bertz CT molecular complexity index is 2310. The molecule has 8 heterocycles. The highest BCUT2D eigenvalue weighted by Crippen LogP contribution is 2.38. The van der Waals surface area contributed by atoms with E-state index in [-0.39, 0.29) is 55.1 Å². The summed E-state index contributed by atoms with van der Waals surface area (Å²) in [5.41, 5.74) is 13.6. The molecule has 6 fully saturated rings. The van der Waals surface area contributed by atoms with E-state index in [2.05, 4.69) is 25.8 Å². The zero-order valence-corrected chi connectivity index (χ0v) is 38.1. The molecule has 7 aliphatic heterocycles. The number of nitrogens with one attached hydrogen (secondary N) is 3. The average Bonchev–Trinajstić information content (AvgIpc) is 4.21. The Morgan fingerprint density at radius 1 is 0.687 bits per heavy atom. The van der Waals surface area contributed by atoms with E-state index in [1.807, 2.05) is 30.5 Å². The summed E-state index contributed by atoms with van der Waals surface area (Å²) in [6.07, 6.45) is 10.2. The van der Waals surface area contributed by atoms with Crippen molar-refractivity contribution in [2.24, 2.45) is 21.7 Å². The number of benzene rings is 1. The number of nitrogens with zero attached hydrogens (tertiary/aromatic N) is 7. The quantitative estimate of drug-likeness (QED) is 0.178. The van der Waals surface area contributed by atoms with E-state index in [0.717, 1.165) is 42.1 Å². The molecule has 8 aliphatic rings. The second-order valence-electron chi connectivity index (χ2n) is 19.7. The number of carbonyl (C=O) groups is 8. The van der Waals surface area contributed by atoms with E-state index in [4.69, 9.17) is 11.5 Å². The average molecular weight is 925 g/mol. The van der Waals surface area contributed by atoms with Crippen LogP contribution in [0.2, 0.25) is 0 Å². The smallest absolute Gasteiger partial charge is 0.246 e. The number of amides is 8. The van der Waals surface area contributed by atoms with Gasteiger partial charge in [0.15, 0.2) is 0 Å². The Hall–Kier alpha value is -5.92. The van der Waals surface area contributed by atoms with Gasteiger partial charge >= 0.3 is 0 Å². The largest absolute Gasteiger partial charge is 0.368 e. The lowest BCUT2D eigenvalue weighted by Crippen LogP contribution is -2.59. The summed E-state index contributed by atoms with van der Waals surface area (Å²) in [5, 5.41) is 15.2. The van der Waals surface area contributed by atoms with E-state index >= 15 is 0 Å². The van der Waals surface area contributed by atoms with Crippen LogP contribution in [0.5, 0.6) is 0 Å². The lowest BCUT2D eigenvalue weighted by Gasteiger charge is -2.39. The van der Waals surface area contributed by atoms with Gasteiger partial charge in [-0.25, -0.2) is 0 Å². The van der Waals surface area contributed by atoms with Crippen LogP contribution in [0, 0.1) is 0 Å². The summed E-state index contributed by atoms with van der Waals surface area (Å²) in [4.78, 5) is 122. The fourth-order valence-corrected chi connectivity index (χ4v) is 11.8. The van der Waals surface area contributed by atoms with Crippen molar-refractivity contribution in [2.45, 2.75) is 157 Å². The minimum atomic E-state index is -1.30. The molecule has 1 aliphatic carbocycles. The Kier molecular flexibility index (Phi) is 13.3. The molecule has 10 rings (SSSR count). The molecule has 0 spiro atoms. The van der Waals surface area contributed by atoms with Crippen molar-refractivity contribution in [3.8, 4) is 0 Å². The number of para-hydroxylation sites is 1. The number of aromatic amines is 1. The predicted octanol–water partition coefficient (Wildman–Crippen LogP) is 0.616. The monoisotopic (exact) mass is 924 g/mol. The highest BCUT2D eigenvalue weighted by atomic mass is 16.2. The second kappa shape index (κ2) is 19.4. The summed E-state index contributed by atoms with van der Waals surface area (Å²) in [7, 11) is 0. The van der Waals surface area contributed by atoms with Crippen molar-refractivity contribution in [1.82, 2.24) is 40.1 Å². The van der Waals surface area contributed by atoms with Gasteiger partial charge in [-0.05, 0) is 108 Å². The number of hydrogen-bond donors (Lipinski definition) is 5. The number of fused-ring (bicyclic) bond motifs is 3. The maximum Gasteiger partial charge on any atom is 0.246 e. The van der Waals surface area contributed by atoms with Gasteiger partial charge in [0.1, 0.15) is 36.3 Å². The minimum absolute atomic E-state index is 0.248. The number of H-pyrrole nitrogens is 1. The van der Waals surface area contributed by atoms with Crippen molar-refractivity contribution in [1.29, 1.82) is 0 Å². The first-order chi connectivity index (χ1) is 32.3. The highest BCUT2D eigenvalue weighted by Gasteiger charge is 2.49. The SMILES string of the molecule is NC(=O)[C@H](CC(=O)NCC12CCC(CC1)N=N2)NC(=O)[C@@H]1CCCN1C(=O)[C@@H]1CCCN1C(=O)[C@@H]1CCCN1C(=O)[C@@H]1CCCN1C(=O)[C@@H]1CCCN1C(=O)[C@@H](N)Cc1c[nH]c2ccccc12. The Morgan fingerprint density at radius 3 is 1.70 bits per heavy atom. The molecule has 7 N–H and O–H groups in total. The molecule has 20 heteroatoms. The first-order valence-electron chi connectivity index (χ1n) is 24.4. The molecule has 7 atom stereocenters. The van der Waals surface area contributed by atoms with Crippen LogP contribution in [-0.2, 0) is 44.8 Å². The number of hydrogen-bond acceptors (Lipinski definition) is 11. The van der Waals surface area contributed by atoms with E-state index < -0.39 is 65.6 Å². The molecule has 2 bridgehead atoms. The fraction of sp³-hybridized carbons (Fsp3) is 0.660. The molecular formula is C47H64N12O8. The first-order valence-corrected chi connectivity index (χ1v) is 24.4. The van der Waals surface area contributed by atoms with Crippen LogP contribution in [0.3, 0.4) is 0 Å². The molecular weight excluding hydrogens is 861 g/mol. The number of carbonyl (C=O) groups excluding carboxylic acids is 8. The van der Waals surface area contributed by atoms with Crippen LogP contribution in [0.4, 0.5) is 0 Å². The lowest BCUT2D eigenvalue weighted by atomic mass is 9.78. The standard InChI is InChI=1S/C47H64N12O8/c48-31(24-28-26-50-32-9-2-1-8-30(28)32)42(63)56-20-4-11-35(56)44(65)58-22-6-13-37(58)46(67)59-23-7-14-38(59)45(66)57-21-5-12-36(57)43(64)55-19-3-10-34(55)41(62)52-33(40(49)61)25-39(60)51-27-47-17-15-29(16-18-47)53-54-47/h1-2,8-9,26,29,31,33-38,50H,3-7,10-25,27,48H2,(H2,49,61)(H,51,60)(H,52,62)/t29?,31-,33-,34-,35-,36-,37-,38-,47?/m0/s1. The molecule has 0 radical (unpaired) electrons. The third kappa shape index (κ3) is 9.24. The number of azo groups is 1. The number of primary amides is 1. The minimum Gasteiger partial charge on any atom is -0.368 e. The van der Waals surface area contributed by atoms with Crippen LogP contribution < -0.4 is 22.1 Å². The van der Waals surface area contributed by atoms with Gasteiger partial charge in [-0.15, -0.1) is 0 Å². The summed E-state index contributed by atoms with van der Waals surface area (Å²) in [5.74, 6) is -3.55. The number of likely N-dealkylation sites (tertiary alicyclic amines) is 5. The van der Waals surface area contributed by atoms with Gasteiger partial charge in [0.2, 0.25) is 47.3 Å². The molecule has 1 aromatic heterocycles. The van der Waals surface area contributed by atoms with E-state index in [0.29, 0.717) is 96.8 Å². The van der Waals surface area contributed by atoms with Gasteiger partial charge in [-0.3, -0.25) is 38.4 Å². The van der Waals surface area contributed by atoms with Crippen LogP contribution in [-0.4, -0.2) is 170 Å². The topological polar surface area (TPSA) is 269 Å². The van der Waals surface area contributed by atoms with Crippen molar-refractivity contribution in [3.63, 3.8) is 0 Å². The van der Waals surface area contributed by atoms with Gasteiger partial charge < -0.3 is 51.6 Å². The number of nitrogens with two attached hydrogens (primary N) is 2. The Balaban J connectivity index is 0.802. The third-order valence-electron chi connectivity index (χ3n) is 15.5. The number of rotatable bonds is 14. The van der Waals surface area contributed by atoms with Crippen molar-refractivity contribution in [2.75, 3.05) is 39.3 Å². The molecule has 8 amide bonds. The van der Waals surface area contributed by atoms with Gasteiger partial charge in [0, 0.05) is 56.4 Å². The molecule has 20 nitrogen and oxygen atoms in total. The van der Waals surface area contributed by atoms with Gasteiger partial charge in [-0.2, -0.15) is 10.2 Å². The molecule has 1 saturated carbocycles. The summed E-state index contributed by atoms with van der Waals surface area (Å²) in [6.45, 7) is 1.94. The van der Waals surface area contributed by atoms with E-state index in [1.165, 1.54) is 4.90 Å². The Labute approximate surface area is 389 Å². The third-order valence-corrected chi connectivity index (χ3v) is 15.5. The summed E-state index contributed by atoms with van der Waals surface area (Å²) < 4.78 is 0. The fourth-order valence-electron chi connectivity index (χ4n) is 11.8. The van der Waals surface area contributed by atoms with E-state index in [1.54, 1.807) is 19.6 Å². The van der Waals surface area contributed by atoms with Crippen LogP contribution in [0.1, 0.15) is 102 Å². The first kappa shape index (κ1) is 46.2. The maximum atomic E-state index is 14.5. The highest BCUT2D eigenvalue weighted by molar-refractivity contribution is 5.99. The van der Waals surface area contributed by atoms with Gasteiger partial charge in [-0.1, -0.05) is 18.2 Å². The normalized spacial score (nSPS) is 28.9. The van der Waals surface area contributed by atoms with Crippen LogP contribution in [0.15, 0.2) is 40.7 Å². The molecule has 2 aromatic rings. The summed E-state index contributed by atoms with van der Waals surface area (Å²) in [6, 6.07) is 1.78. The van der Waals surface area contributed by atoms with Crippen LogP contribution >= 0.6 is 0 Å². The second-order valence-corrected chi connectivity index (χ2v) is 19.7. The van der Waals surface area contributed by atoms with Crippen molar-refractivity contribution >= 4 is 58.2 Å². The number of aromatic nitrogens is 1. The van der Waals surface area contributed by atoms with Gasteiger partial charge in [0.05, 0.1) is 24.0 Å². The molecule has 0 unspecified atom stereocenters. The molecule has 360 valence electrons. The van der Waals surface area contributed by atoms with Crippen molar-refractivity contribution in [3.05, 3.63) is 36.0 Å². The van der Waals surface area contributed by atoms with E-state index in [9.17, 15) is 38.4 Å². The maximum absolute atomic E-state index is 14.5. The molecule has 1 aromatic carbocycles. The zero-order chi connectivity index (χ0) is 47.0. The lowest BCUT2D eigenvalue weighted by molar-refractivity contribution is -0.153. The molecule has 5 saturated heterocycles. The Morgan fingerprint density at radius 2 is 1.18 bits per heavy atom. The molecule has 67 heavy (non-hydrogen) atoms. The van der Waals surface area contributed by atoms with Gasteiger partial charge in [0.25, 0.3) is 0 Å².